The van der Waals surface area contributed by atoms with Gasteiger partial charge in [-0.15, -0.1) is 0 Å². The maximum Gasteiger partial charge on any atom is 0.226 e. The Bertz CT molecular complexity index is 759. The van der Waals surface area contributed by atoms with E-state index in [4.69, 9.17) is 11.6 Å². The Morgan fingerprint density at radius 1 is 1.38 bits per heavy atom. The quantitative estimate of drug-likeness (QED) is 0.930. The zero-order chi connectivity index (χ0) is 16.7. The number of hydrogen-bond acceptors (Lipinski definition) is 3. The Morgan fingerprint density at radius 2 is 2.21 bits per heavy atom. The Kier molecular flexibility index (Phi) is 4.06. The Labute approximate surface area is 146 Å². The third-order valence-electron chi connectivity index (χ3n) is 5.03. The topological polar surface area (TPSA) is 50.2 Å². The van der Waals surface area contributed by atoms with E-state index in [1.54, 1.807) is 4.68 Å². The van der Waals surface area contributed by atoms with Crippen molar-refractivity contribution in [1.29, 1.82) is 0 Å². The number of carbonyl (C=O) groups excluding carboxylic acids is 1. The molecular formula is C18H21ClN4O. The fourth-order valence-electron chi connectivity index (χ4n) is 3.62. The number of hydrogen-bond donors (Lipinski definition) is 1. The molecule has 1 aliphatic carbocycles. The van der Waals surface area contributed by atoms with Crippen LogP contribution in [-0.4, -0.2) is 40.2 Å². The van der Waals surface area contributed by atoms with E-state index in [1.807, 2.05) is 48.6 Å². The molecule has 0 unspecified atom stereocenters. The summed E-state index contributed by atoms with van der Waals surface area (Å²) in [6.45, 7) is 2.28. The molecule has 0 bridgehead atoms. The van der Waals surface area contributed by atoms with Crippen molar-refractivity contribution < 1.29 is 4.79 Å². The highest BCUT2D eigenvalue weighted by molar-refractivity contribution is 6.31. The molecule has 1 saturated heterocycles. The van der Waals surface area contributed by atoms with Gasteiger partial charge in [-0.1, -0.05) is 29.8 Å². The van der Waals surface area contributed by atoms with E-state index in [1.165, 1.54) is 0 Å². The fourth-order valence-corrected chi connectivity index (χ4v) is 3.89. The summed E-state index contributed by atoms with van der Waals surface area (Å²) in [5, 5.41) is 8.48. The van der Waals surface area contributed by atoms with Crippen molar-refractivity contribution in [3.63, 3.8) is 0 Å². The molecule has 2 fully saturated rings. The molecule has 1 saturated carbocycles. The molecule has 2 heterocycles. The van der Waals surface area contributed by atoms with E-state index < -0.39 is 0 Å². The first-order chi connectivity index (χ1) is 11.6. The molecule has 6 heteroatoms. The van der Waals surface area contributed by atoms with Crippen molar-refractivity contribution >= 4 is 17.5 Å². The molecule has 1 amide bonds. The normalized spacial score (nSPS) is 26.4. The van der Waals surface area contributed by atoms with Crippen LogP contribution >= 0.6 is 11.6 Å². The summed E-state index contributed by atoms with van der Waals surface area (Å²) < 4.78 is 1.80. The van der Waals surface area contributed by atoms with Crippen LogP contribution in [0, 0.1) is 5.92 Å². The molecule has 1 aromatic carbocycles. The summed E-state index contributed by atoms with van der Waals surface area (Å²) in [5.41, 5.74) is 2.24. The van der Waals surface area contributed by atoms with Gasteiger partial charge in [0.05, 0.1) is 12.2 Å². The number of aromatic nitrogens is 2. The fraction of sp³-hybridized carbons (Fsp3) is 0.444. The van der Waals surface area contributed by atoms with Crippen molar-refractivity contribution in [3.8, 4) is 0 Å². The molecule has 1 aliphatic heterocycles. The van der Waals surface area contributed by atoms with Crippen LogP contribution < -0.4 is 5.32 Å². The van der Waals surface area contributed by atoms with E-state index >= 15 is 0 Å². The molecule has 1 N–H and O–H groups in total. The van der Waals surface area contributed by atoms with Gasteiger partial charge in [-0.3, -0.25) is 9.48 Å². The molecule has 24 heavy (non-hydrogen) atoms. The lowest BCUT2D eigenvalue weighted by molar-refractivity contribution is -0.133. The summed E-state index contributed by atoms with van der Waals surface area (Å²) in [7, 11) is 1.91. The number of nitrogens with zero attached hydrogens (tertiary/aromatic N) is 3. The van der Waals surface area contributed by atoms with Gasteiger partial charge in [-0.05, 0) is 24.0 Å². The number of rotatable bonds is 3. The second-order valence-electron chi connectivity index (χ2n) is 6.71. The first-order valence-electron chi connectivity index (χ1n) is 8.38. The highest BCUT2D eigenvalue weighted by Gasteiger charge is 2.47. The second kappa shape index (κ2) is 6.22. The van der Waals surface area contributed by atoms with E-state index in [0.717, 1.165) is 35.7 Å². The van der Waals surface area contributed by atoms with Crippen molar-refractivity contribution in [2.45, 2.75) is 18.4 Å². The number of piperazine rings is 1. The SMILES string of the molecule is Cn1cc([C@@H]2CN(C(=O)[C@@H]3C[C@H]3c3ccccc3Cl)CCN2)cn1. The average molecular weight is 345 g/mol. The lowest BCUT2D eigenvalue weighted by atomic mass is 10.1. The van der Waals surface area contributed by atoms with Gasteiger partial charge in [0.15, 0.2) is 0 Å². The van der Waals surface area contributed by atoms with Crippen molar-refractivity contribution in [2.75, 3.05) is 19.6 Å². The third kappa shape index (κ3) is 2.94. The van der Waals surface area contributed by atoms with Gasteiger partial charge >= 0.3 is 0 Å². The molecule has 126 valence electrons. The van der Waals surface area contributed by atoms with E-state index in [2.05, 4.69) is 10.4 Å². The predicted molar refractivity (Wildman–Crippen MR) is 92.8 cm³/mol. The maximum absolute atomic E-state index is 12.9. The van der Waals surface area contributed by atoms with Crippen LogP contribution in [0.5, 0.6) is 0 Å². The molecule has 2 aromatic rings. The van der Waals surface area contributed by atoms with Crippen molar-refractivity contribution in [2.24, 2.45) is 13.0 Å². The summed E-state index contributed by atoms with van der Waals surface area (Å²) in [4.78, 5) is 14.9. The smallest absolute Gasteiger partial charge is 0.226 e. The summed E-state index contributed by atoms with van der Waals surface area (Å²) in [6.07, 6.45) is 4.79. The maximum atomic E-state index is 12.9. The molecule has 1 aromatic heterocycles. The molecule has 4 rings (SSSR count). The Hall–Kier alpha value is -1.85. The molecule has 5 nitrogen and oxygen atoms in total. The Morgan fingerprint density at radius 3 is 2.96 bits per heavy atom. The van der Waals surface area contributed by atoms with Gasteiger partial charge in [0.25, 0.3) is 0 Å². The van der Waals surface area contributed by atoms with Crippen molar-refractivity contribution in [1.82, 2.24) is 20.0 Å². The van der Waals surface area contributed by atoms with Crippen LogP contribution in [0.25, 0.3) is 0 Å². The van der Waals surface area contributed by atoms with Crippen LogP contribution in [0.1, 0.15) is 29.5 Å². The highest BCUT2D eigenvalue weighted by atomic mass is 35.5. The standard InChI is InChI=1S/C18H21ClN4O/c1-22-10-12(9-21-22)17-11-23(7-6-20-17)18(24)15-8-14(15)13-4-2-3-5-16(13)19/h2-5,9-10,14-15,17,20H,6-8,11H2,1H3/t14-,15+,17-/m0/s1. The lowest BCUT2D eigenvalue weighted by Crippen LogP contribution is -2.48. The van der Waals surface area contributed by atoms with Crippen LogP contribution in [-0.2, 0) is 11.8 Å². The number of aryl methyl sites for hydroxylation is 1. The zero-order valence-corrected chi connectivity index (χ0v) is 14.4. The summed E-state index contributed by atoms with van der Waals surface area (Å²) >= 11 is 6.28. The predicted octanol–water partition coefficient (Wildman–Crippen LogP) is 2.35. The third-order valence-corrected chi connectivity index (χ3v) is 5.37. The van der Waals surface area contributed by atoms with Crippen LogP contribution in [0.15, 0.2) is 36.7 Å². The number of nitrogens with one attached hydrogen (secondary N) is 1. The minimum absolute atomic E-state index is 0.0811. The number of halogens is 1. The van der Waals surface area contributed by atoms with Gasteiger partial charge in [-0.25, -0.2) is 0 Å². The molecule has 0 radical (unpaired) electrons. The highest BCUT2D eigenvalue weighted by Crippen LogP contribution is 2.50. The number of benzene rings is 1. The van der Waals surface area contributed by atoms with Gasteiger partial charge in [0.1, 0.15) is 0 Å². The number of amides is 1. The second-order valence-corrected chi connectivity index (χ2v) is 7.12. The molecule has 3 atom stereocenters. The minimum atomic E-state index is 0.0811. The van der Waals surface area contributed by atoms with Gasteiger partial charge in [0.2, 0.25) is 5.91 Å². The van der Waals surface area contributed by atoms with E-state index in [-0.39, 0.29) is 23.8 Å². The largest absolute Gasteiger partial charge is 0.339 e. The Balaban J connectivity index is 1.43. The first-order valence-corrected chi connectivity index (χ1v) is 8.76. The average Bonchev–Trinajstić information content (AvgIpc) is 3.27. The van der Waals surface area contributed by atoms with Gasteiger partial charge in [0, 0.05) is 49.4 Å². The van der Waals surface area contributed by atoms with Crippen LogP contribution in [0.4, 0.5) is 0 Å². The molecular weight excluding hydrogens is 324 g/mol. The van der Waals surface area contributed by atoms with Gasteiger partial charge in [-0.2, -0.15) is 5.10 Å². The van der Waals surface area contributed by atoms with E-state index in [0.29, 0.717) is 6.54 Å². The lowest BCUT2D eigenvalue weighted by Gasteiger charge is -2.33. The first kappa shape index (κ1) is 15.7. The monoisotopic (exact) mass is 344 g/mol. The number of carbonyl (C=O) groups is 1. The van der Waals surface area contributed by atoms with Crippen LogP contribution in [0.3, 0.4) is 0 Å². The van der Waals surface area contributed by atoms with Gasteiger partial charge < -0.3 is 10.2 Å². The van der Waals surface area contributed by atoms with Crippen molar-refractivity contribution in [3.05, 3.63) is 52.8 Å². The molecule has 0 spiro atoms. The summed E-state index contributed by atoms with van der Waals surface area (Å²) in [5.74, 6) is 0.616. The van der Waals surface area contributed by atoms with Crippen LogP contribution in [0.2, 0.25) is 5.02 Å². The zero-order valence-electron chi connectivity index (χ0n) is 13.7. The summed E-state index contributed by atoms with van der Waals surface area (Å²) in [6, 6.07) is 8.02. The minimum Gasteiger partial charge on any atom is -0.339 e. The molecule has 2 aliphatic rings. The van der Waals surface area contributed by atoms with E-state index in [9.17, 15) is 4.79 Å².